The van der Waals surface area contributed by atoms with Crippen LogP contribution in [0.15, 0.2) is 18.3 Å². The average molecular weight is 254 g/mol. The van der Waals surface area contributed by atoms with Crippen molar-refractivity contribution in [2.75, 3.05) is 4.72 Å². The van der Waals surface area contributed by atoms with Crippen LogP contribution < -0.4 is 4.72 Å². The molecule has 1 aromatic heterocycles. The molecule has 0 amide bonds. The lowest BCUT2D eigenvalue weighted by molar-refractivity contribution is -0.0379. The lowest BCUT2D eigenvalue weighted by atomic mass is 10.3. The van der Waals surface area contributed by atoms with Crippen molar-refractivity contribution in [2.45, 2.75) is 26.3 Å². The Morgan fingerprint density at radius 3 is 2.38 bits per heavy atom. The number of hydrogen-bond donors (Lipinski definition) is 1. The Bertz CT molecular complexity index is 355. The van der Waals surface area contributed by atoms with Crippen molar-refractivity contribution in [2.24, 2.45) is 0 Å². The monoisotopic (exact) mass is 254 g/mol. The summed E-state index contributed by atoms with van der Waals surface area (Å²) in [5, 5.41) is 0. The number of nitrogens with zero attached hydrogens (tertiary/aromatic N) is 1. The SMILES string of the molecule is CC.Cc1ccnc(NS(=O)C(F)(F)F)c1. The molecule has 1 aromatic rings. The molecule has 3 nitrogen and oxygen atoms in total. The fraction of sp³-hybridized carbons (Fsp3) is 0.444. The van der Waals surface area contributed by atoms with E-state index >= 15 is 0 Å². The van der Waals surface area contributed by atoms with Crippen LogP contribution in [0.2, 0.25) is 0 Å². The quantitative estimate of drug-likeness (QED) is 0.881. The predicted molar refractivity (Wildman–Crippen MR) is 58.1 cm³/mol. The van der Waals surface area contributed by atoms with Crippen LogP contribution in [0.1, 0.15) is 19.4 Å². The molecule has 1 N–H and O–H groups in total. The number of hydrogen-bond acceptors (Lipinski definition) is 2. The smallest absolute Gasteiger partial charge is 0.282 e. The Kier molecular flexibility index (Phi) is 6.02. The third-order valence-electron chi connectivity index (χ3n) is 1.32. The Balaban J connectivity index is 0.00000106. The molecule has 1 heterocycles. The third kappa shape index (κ3) is 5.11. The molecule has 1 unspecified atom stereocenters. The van der Waals surface area contributed by atoms with Gasteiger partial charge in [-0.2, -0.15) is 13.2 Å². The number of aromatic nitrogens is 1. The highest BCUT2D eigenvalue weighted by atomic mass is 32.2. The number of rotatable bonds is 2. The summed E-state index contributed by atoms with van der Waals surface area (Å²) in [6.07, 6.45) is 1.34. The lowest BCUT2D eigenvalue weighted by Crippen LogP contribution is -2.23. The first-order chi connectivity index (χ1) is 7.39. The average Bonchev–Trinajstić information content (AvgIpc) is 2.19. The van der Waals surface area contributed by atoms with E-state index in [4.69, 9.17) is 0 Å². The van der Waals surface area contributed by atoms with Gasteiger partial charge < -0.3 is 0 Å². The molecular formula is C9H13F3N2OS. The first-order valence-electron chi connectivity index (χ1n) is 4.57. The van der Waals surface area contributed by atoms with Crippen LogP contribution in [-0.2, 0) is 11.0 Å². The molecule has 1 rings (SSSR count). The maximum Gasteiger partial charge on any atom is 0.490 e. The summed E-state index contributed by atoms with van der Waals surface area (Å²) >= 11 is 0. The summed E-state index contributed by atoms with van der Waals surface area (Å²) in [6.45, 7) is 5.70. The van der Waals surface area contributed by atoms with Crippen LogP contribution in [0, 0.1) is 6.92 Å². The van der Waals surface area contributed by atoms with Crippen LogP contribution in [0.5, 0.6) is 0 Å². The van der Waals surface area contributed by atoms with Gasteiger partial charge in [-0.05, 0) is 24.6 Å². The largest absolute Gasteiger partial charge is 0.490 e. The van der Waals surface area contributed by atoms with Crippen LogP contribution in [0.4, 0.5) is 19.0 Å². The van der Waals surface area contributed by atoms with Gasteiger partial charge in [0, 0.05) is 6.20 Å². The van der Waals surface area contributed by atoms with Gasteiger partial charge >= 0.3 is 5.51 Å². The van der Waals surface area contributed by atoms with Gasteiger partial charge in [0.1, 0.15) is 5.82 Å². The number of nitrogens with one attached hydrogen (secondary N) is 1. The van der Waals surface area contributed by atoms with Crippen LogP contribution in [0.25, 0.3) is 0 Å². The molecular weight excluding hydrogens is 241 g/mol. The minimum atomic E-state index is -4.77. The maximum atomic E-state index is 11.8. The number of halogens is 3. The lowest BCUT2D eigenvalue weighted by Gasteiger charge is -2.07. The van der Waals surface area contributed by atoms with Crippen molar-refractivity contribution in [3.63, 3.8) is 0 Å². The Hall–Kier alpha value is -1.11. The van der Waals surface area contributed by atoms with Crippen molar-refractivity contribution in [3.8, 4) is 0 Å². The predicted octanol–water partition coefficient (Wildman–Crippen LogP) is 3.01. The van der Waals surface area contributed by atoms with E-state index in [1.807, 2.05) is 13.8 Å². The van der Waals surface area contributed by atoms with Gasteiger partial charge in [0.15, 0.2) is 0 Å². The summed E-state index contributed by atoms with van der Waals surface area (Å²) in [7, 11) is -3.11. The van der Waals surface area contributed by atoms with Crippen LogP contribution in [-0.4, -0.2) is 14.7 Å². The van der Waals surface area contributed by atoms with Crippen LogP contribution >= 0.6 is 0 Å². The zero-order chi connectivity index (χ0) is 12.8. The van der Waals surface area contributed by atoms with E-state index in [2.05, 4.69) is 4.98 Å². The molecule has 0 radical (unpaired) electrons. The molecule has 1 atom stereocenters. The number of aryl methyl sites for hydroxylation is 1. The van der Waals surface area contributed by atoms with E-state index in [0.29, 0.717) is 0 Å². The first-order valence-corrected chi connectivity index (χ1v) is 5.72. The second-order valence-electron chi connectivity index (χ2n) is 2.53. The summed E-state index contributed by atoms with van der Waals surface area (Å²) in [4.78, 5) is 3.59. The first kappa shape index (κ1) is 14.9. The van der Waals surface area contributed by atoms with Gasteiger partial charge in [0.2, 0.25) is 11.0 Å². The number of anilines is 1. The summed E-state index contributed by atoms with van der Waals surface area (Å²) in [5.74, 6) is -0.0549. The van der Waals surface area contributed by atoms with Crippen molar-refractivity contribution < 1.29 is 17.4 Å². The second kappa shape index (κ2) is 6.47. The Morgan fingerprint density at radius 2 is 1.94 bits per heavy atom. The molecule has 92 valence electrons. The highest BCUT2D eigenvalue weighted by molar-refractivity contribution is 7.87. The van der Waals surface area contributed by atoms with Gasteiger partial charge in [-0.15, -0.1) is 0 Å². The van der Waals surface area contributed by atoms with E-state index in [-0.39, 0.29) is 5.82 Å². The molecule has 0 aliphatic rings. The molecule has 0 aliphatic heterocycles. The topological polar surface area (TPSA) is 42.0 Å². The van der Waals surface area contributed by atoms with Gasteiger partial charge in [-0.3, -0.25) is 4.72 Å². The summed E-state index contributed by atoms with van der Waals surface area (Å²) in [5.41, 5.74) is -4.03. The zero-order valence-corrected chi connectivity index (χ0v) is 9.95. The minimum Gasteiger partial charge on any atom is -0.282 e. The molecule has 16 heavy (non-hydrogen) atoms. The fourth-order valence-electron chi connectivity index (χ4n) is 0.745. The maximum absolute atomic E-state index is 11.8. The highest BCUT2D eigenvalue weighted by Gasteiger charge is 2.37. The summed E-state index contributed by atoms with van der Waals surface area (Å²) in [6, 6.07) is 3.01. The molecule has 0 saturated heterocycles. The fourth-order valence-corrected chi connectivity index (χ4v) is 1.16. The zero-order valence-electron chi connectivity index (χ0n) is 9.13. The molecule has 0 bridgehead atoms. The number of pyridine rings is 1. The normalized spacial score (nSPS) is 12.4. The molecule has 0 aliphatic carbocycles. The van der Waals surface area contributed by atoms with Gasteiger partial charge in [-0.1, -0.05) is 13.8 Å². The number of alkyl halides is 3. The summed E-state index contributed by atoms with van der Waals surface area (Å²) < 4.78 is 47.9. The Morgan fingerprint density at radius 1 is 1.38 bits per heavy atom. The van der Waals surface area contributed by atoms with E-state index in [0.717, 1.165) is 5.56 Å². The Labute approximate surface area is 94.7 Å². The third-order valence-corrected chi connectivity index (χ3v) is 2.14. The highest BCUT2D eigenvalue weighted by Crippen LogP contribution is 2.21. The van der Waals surface area contributed by atoms with Gasteiger partial charge in [0.25, 0.3) is 0 Å². The molecule has 0 spiro atoms. The van der Waals surface area contributed by atoms with Gasteiger partial charge in [0.05, 0.1) is 0 Å². The molecule has 0 saturated carbocycles. The van der Waals surface area contributed by atoms with E-state index in [1.54, 1.807) is 17.7 Å². The molecule has 0 aromatic carbocycles. The second-order valence-corrected chi connectivity index (χ2v) is 3.74. The van der Waals surface area contributed by atoms with Crippen molar-refractivity contribution in [1.82, 2.24) is 4.98 Å². The van der Waals surface area contributed by atoms with Gasteiger partial charge in [-0.25, -0.2) is 9.19 Å². The molecule has 0 fully saturated rings. The van der Waals surface area contributed by atoms with E-state index in [1.165, 1.54) is 12.3 Å². The van der Waals surface area contributed by atoms with Crippen molar-refractivity contribution in [3.05, 3.63) is 23.9 Å². The van der Waals surface area contributed by atoms with Crippen molar-refractivity contribution in [1.29, 1.82) is 0 Å². The molecule has 7 heteroatoms. The van der Waals surface area contributed by atoms with E-state index < -0.39 is 16.5 Å². The van der Waals surface area contributed by atoms with E-state index in [9.17, 15) is 17.4 Å². The van der Waals surface area contributed by atoms with Crippen molar-refractivity contribution >= 4 is 16.8 Å². The minimum absolute atomic E-state index is 0.0549. The van der Waals surface area contributed by atoms with Crippen LogP contribution in [0.3, 0.4) is 0 Å². The standard InChI is InChI=1S/C7H7F3N2OS.C2H6/c1-5-2-3-11-6(4-5)12-14(13)7(8,9)10;1-2/h2-4H,1H3,(H,11,12);1-2H3.